The smallest absolute Gasteiger partial charge is 0.0931 e. The standard InChI is InChI=1S/C15H24N2O/c1-3-6-13-7-4-5-10-17(13)14-8-9-15(12(2)18)16-11-14/h8-9,11-13,18H,3-7,10H2,1-2H3/t12-,13?/m1/s1. The zero-order valence-electron chi connectivity index (χ0n) is 11.5. The van der Waals surface area contributed by atoms with Gasteiger partial charge in [0, 0.05) is 12.6 Å². The third-order valence-corrected chi connectivity index (χ3v) is 3.78. The first-order valence-electron chi connectivity index (χ1n) is 7.13. The summed E-state index contributed by atoms with van der Waals surface area (Å²) in [6, 6.07) is 4.71. The Balaban J connectivity index is 2.12. The molecular formula is C15H24N2O. The van der Waals surface area contributed by atoms with Crippen molar-refractivity contribution in [3.05, 3.63) is 24.0 Å². The second kappa shape index (κ2) is 6.19. The fourth-order valence-corrected chi connectivity index (χ4v) is 2.79. The zero-order valence-corrected chi connectivity index (χ0v) is 11.5. The van der Waals surface area contributed by atoms with Gasteiger partial charge in [0.1, 0.15) is 0 Å². The summed E-state index contributed by atoms with van der Waals surface area (Å²) < 4.78 is 0. The Morgan fingerprint density at radius 1 is 1.44 bits per heavy atom. The molecular weight excluding hydrogens is 224 g/mol. The van der Waals surface area contributed by atoms with Gasteiger partial charge in [-0.3, -0.25) is 4.98 Å². The van der Waals surface area contributed by atoms with Crippen LogP contribution in [0.25, 0.3) is 0 Å². The maximum absolute atomic E-state index is 9.49. The number of hydrogen-bond acceptors (Lipinski definition) is 3. The molecule has 2 rings (SSSR count). The molecule has 100 valence electrons. The molecule has 0 aliphatic carbocycles. The highest BCUT2D eigenvalue weighted by atomic mass is 16.3. The summed E-state index contributed by atoms with van der Waals surface area (Å²) in [4.78, 5) is 6.85. The molecule has 3 heteroatoms. The van der Waals surface area contributed by atoms with Gasteiger partial charge in [-0.15, -0.1) is 0 Å². The molecule has 3 nitrogen and oxygen atoms in total. The van der Waals surface area contributed by atoms with E-state index < -0.39 is 6.10 Å². The van der Waals surface area contributed by atoms with Crippen LogP contribution in [0.1, 0.15) is 57.7 Å². The van der Waals surface area contributed by atoms with Crippen molar-refractivity contribution < 1.29 is 5.11 Å². The van der Waals surface area contributed by atoms with Crippen LogP contribution < -0.4 is 4.90 Å². The molecule has 0 saturated carbocycles. The maximum atomic E-state index is 9.49. The van der Waals surface area contributed by atoms with Crippen molar-refractivity contribution in [1.29, 1.82) is 0 Å². The normalized spacial score (nSPS) is 21.9. The lowest BCUT2D eigenvalue weighted by Gasteiger charge is -2.37. The lowest BCUT2D eigenvalue weighted by Crippen LogP contribution is -2.39. The van der Waals surface area contributed by atoms with E-state index >= 15 is 0 Å². The fraction of sp³-hybridized carbons (Fsp3) is 0.667. The molecule has 1 aliphatic heterocycles. The second-order valence-electron chi connectivity index (χ2n) is 5.25. The maximum Gasteiger partial charge on any atom is 0.0931 e. The van der Waals surface area contributed by atoms with Crippen molar-refractivity contribution in [3.63, 3.8) is 0 Å². The van der Waals surface area contributed by atoms with Crippen molar-refractivity contribution in [2.24, 2.45) is 0 Å². The Kier molecular flexibility index (Phi) is 4.59. The van der Waals surface area contributed by atoms with Crippen molar-refractivity contribution in [2.45, 2.75) is 58.1 Å². The molecule has 1 aromatic rings. The predicted octanol–water partition coefficient (Wildman–Crippen LogP) is 3.29. The van der Waals surface area contributed by atoms with E-state index in [1.165, 1.54) is 37.8 Å². The summed E-state index contributed by atoms with van der Waals surface area (Å²) in [5.41, 5.74) is 1.96. The minimum absolute atomic E-state index is 0.480. The Morgan fingerprint density at radius 2 is 2.28 bits per heavy atom. The largest absolute Gasteiger partial charge is 0.387 e. The van der Waals surface area contributed by atoms with Crippen LogP contribution in [-0.2, 0) is 0 Å². The molecule has 1 saturated heterocycles. The molecule has 0 amide bonds. The zero-order chi connectivity index (χ0) is 13.0. The van der Waals surface area contributed by atoms with Gasteiger partial charge in [-0.05, 0) is 44.7 Å². The number of pyridine rings is 1. The third kappa shape index (κ3) is 3.02. The van der Waals surface area contributed by atoms with E-state index in [2.05, 4.69) is 22.9 Å². The van der Waals surface area contributed by atoms with Gasteiger partial charge in [-0.2, -0.15) is 0 Å². The van der Waals surface area contributed by atoms with Gasteiger partial charge in [0.25, 0.3) is 0 Å². The van der Waals surface area contributed by atoms with Crippen molar-refractivity contribution in [3.8, 4) is 0 Å². The first-order valence-corrected chi connectivity index (χ1v) is 7.13. The number of anilines is 1. The minimum Gasteiger partial charge on any atom is -0.387 e. The van der Waals surface area contributed by atoms with Crippen molar-refractivity contribution >= 4 is 5.69 Å². The van der Waals surface area contributed by atoms with Gasteiger partial charge in [-0.25, -0.2) is 0 Å². The van der Waals surface area contributed by atoms with Crippen LogP contribution in [0.2, 0.25) is 0 Å². The van der Waals surface area contributed by atoms with E-state index in [1.807, 2.05) is 12.3 Å². The molecule has 0 spiro atoms. The third-order valence-electron chi connectivity index (χ3n) is 3.78. The number of rotatable bonds is 4. The summed E-state index contributed by atoms with van der Waals surface area (Å²) in [5.74, 6) is 0. The quantitative estimate of drug-likeness (QED) is 0.888. The molecule has 18 heavy (non-hydrogen) atoms. The van der Waals surface area contributed by atoms with Crippen LogP contribution in [-0.4, -0.2) is 22.7 Å². The summed E-state index contributed by atoms with van der Waals surface area (Å²) >= 11 is 0. The van der Waals surface area contributed by atoms with Gasteiger partial charge < -0.3 is 10.0 Å². The predicted molar refractivity (Wildman–Crippen MR) is 74.8 cm³/mol. The van der Waals surface area contributed by atoms with Gasteiger partial charge in [0.05, 0.1) is 23.7 Å². The minimum atomic E-state index is -0.480. The Hall–Kier alpha value is -1.09. The molecule has 0 aromatic carbocycles. The highest BCUT2D eigenvalue weighted by Gasteiger charge is 2.22. The van der Waals surface area contributed by atoms with Crippen LogP contribution in [0.5, 0.6) is 0 Å². The molecule has 0 radical (unpaired) electrons. The van der Waals surface area contributed by atoms with E-state index in [0.29, 0.717) is 6.04 Å². The number of hydrogen-bond donors (Lipinski definition) is 1. The van der Waals surface area contributed by atoms with E-state index in [1.54, 1.807) is 6.92 Å². The summed E-state index contributed by atoms with van der Waals surface area (Å²) in [5, 5.41) is 9.49. The van der Waals surface area contributed by atoms with E-state index in [-0.39, 0.29) is 0 Å². The molecule has 0 bridgehead atoms. The topological polar surface area (TPSA) is 36.4 Å². The van der Waals surface area contributed by atoms with Crippen LogP contribution in [0.3, 0.4) is 0 Å². The van der Waals surface area contributed by atoms with E-state index in [9.17, 15) is 5.11 Å². The van der Waals surface area contributed by atoms with Gasteiger partial charge in [0.15, 0.2) is 0 Å². The summed E-state index contributed by atoms with van der Waals surface area (Å²) in [6.45, 7) is 5.14. The van der Waals surface area contributed by atoms with Crippen molar-refractivity contribution in [2.75, 3.05) is 11.4 Å². The molecule has 1 aliphatic rings. The molecule has 1 aromatic heterocycles. The number of aromatic nitrogens is 1. The average Bonchev–Trinajstić information content (AvgIpc) is 2.40. The molecule has 1 unspecified atom stereocenters. The van der Waals surface area contributed by atoms with Crippen LogP contribution in [0.4, 0.5) is 5.69 Å². The van der Waals surface area contributed by atoms with E-state index in [0.717, 1.165) is 12.2 Å². The van der Waals surface area contributed by atoms with Crippen LogP contribution in [0.15, 0.2) is 18.3 Å². The molecule has 1 fully saturated rings. The average molecular weight is 248 g/mol. The lowest BCUT2D eigenvalue weighted by molar-refractivity contribution is 0.194. The monoisotopic (exact) mass is 248 g/mol. The van der Waals surface area contributed by atoms with Gasteiger partial charge in [0.2, 0.25) is 0 Å². The van der Waals surface area contributed by atoms with Crippen LogP contribution >= 0.6 is 0 Å². The van der Waals surface area contributed by atoms with Crippen LogP contribution in [0, 0.1) is 0 Å². The van der Waals surface area contributed by atoms with E-state index in [4.69, 9.17) is 0 Å². The molecule has 2 heterocycles. The Labute approximate surface area is 110 Å². The number of aliphatic hydroxyl groups is 1. The lowest BCUT2D eigenvalue weighted by atomic mass is 9.97. The van der Waals surface area contributed by atoms with Gasteiger partial charge in [-0.1, -0.05) is 13.3 Å². The highest BCUT2D eigenvalue weighted by molar-refractivity contribution is 5.46. The number of aliphatic hydroxyl groups excluding tert-OH is 1. The number of piperidine rings is 1. The fourth-order valence-electron chi connectivity index (χ4n) is 2.79. The Bertz CT molecular complexity index is 359. The summed E-state index contributed by atoms with van der Waals surface area (Å²) in [6.07, 6.45) is 7.85. The Morgan fingerprint density at radius 3 is 2.89 bits per heavy atom. The first kappa shape index (κ1) is 13.3. The van der Waals surface area contributed by atoms with Crippen molar-refractivity contribution in [1.82, 2.24) is 4.98 Å². The first-order chi connectivity index (χ1) is 8.72. The molecule has 1 N–H and O–H groups in total. The number of nitrogens with zero attached hydrogens (tertiary/aromatic N) is 2. The van der Waals surface area contributed by atoms with Gasteiger partial charge >= 0.3 is 0 Å². The highest BCUT2D eigenvalue weighted by Crippen LogP contribution is 2.27. The summed E-state index contributed by atoms with van der Waals surface area (Å²) in [7, 11) is 0. The molecule has 2 atom stereocenters. The second-order valence-corrected chi connectivity index (χ2v) is 5.25. The SMILES string of the molecule is CCCC1CCCCN1c1ccc([C@@H](C)O)nc1.